The lowest BCUT2D eigenvalue weighted by molar-refractivity contribution is 0.266. The van der Waals surface area contributed by atoms with Gasteiger partial charge in [-0.1, -0.05) is 25.1 Å². The monoisotopic (exact) mass is 380 g/mol. The zero-order valence-corrected chi connectivity index (χ0v) is 17.4. The molecule has 1 aromatic carbocycles. The van der Waals surface area contributed by atoms with Gasteiger partial charge in [0.05, 0.1) is 4.90 Å². The molecule has 1 saturated heterocycles. The highest BCUT2D eigenvalue weighted by molar-refractivity contribution is 7.89. The fourth-order valence-electron chi connectivity index (χ4n) is 3.26. The van der Waals surface area contributed by atoms with Gasteiger partial charge >= 0.3 is 0 Å². The van der Waals surface area contributed by atoms with E-state index in [1.807, 2.05) is 32.9 Å². The van der Waals surface area contributed by atoms with Gasteiger partial charge in [0.25, 0.3) is 0 Å². The van der Waals surface area contributed by atoms with Crippen LogP contribution in [-0.4, -0.2) is 45.0 Å². The van der Waals surface area contributed by atoms with Crippen molar-refractivity contribution < 1.29 is 8.42 Å². The van der Waals surface area contributed by atoms with Crippen molar-refractivity contribution in [3.63, 3.8) is 0 Å². The summed E-state index contributed by atoms with van der Waals surface area (Å²) in [4.78, 5) is 6.94. The van der Waals surface area contributed by atoms with Crippen LogP contribution in [-0.2, 0) is 16.6 Å². The van der Waals surface area contributed by atoms with Crippen LogP contribution in [0.4, 0.5) is 0 Å². The third-order valence-corrected chi connectivity index (χ3v) is 6.17. The molecule has 0 aromatic heterocycles. The van der Waals surface area contributed by atoms with Crippen LogP contribution in [0.15, 0.2) is 34.2 Å². The number of nitrogens with zero attached hydrogens (tertiary/aromatic N) is 2. The Morgan fingerprint density at radius 1 is 1.31 bits per heavy atom. The average molecular weight is 381 g/mol. The Kier molecular flexibility index (Phi) is 6.69. The zero-order chi connectivity index (χ0) is 19.4. The molecule has 1 atom stereocenters. The minimum Gasteiger partial charge on any atom is -0.352 e. The van der Waals surface area contributed by atoms with Gasteiger partial charge in [0.2, 0.25) is 10.0 Å². The van der Waals surface area contributed by atoms with E-state index in [9.17, 15) is 8.42 Å². The molecule has 0 saturated carbocycles. The molecule has 0 spiro atoms. The van der Waals surface area contributed by atoms with Crippen molar-refractivity contribution in [3.05, 3.63) is 29.8 Å². The summed E-state index contributed by atoms with van der Waals surface area (Å²) >= 11 is 0. The van der Waals surface area contributed by atoms with E-state index in [4.69, 9.17) is 0 Å². The van der Waals surface area contributed by atoms with Gasteiger partial charge in [0, 0.05) is 32.2 Å². The van der Waals surface area contributed by atoms with Crippen LogP contribution in [0.3, 0.4) is 0 Å². The van der Waals surface area contributed by atoms with E-state index in [1.54, 1.807) is 19.2 Å². The second-order valence-corrected chi connectivity index (χ2v) is 9.71. The van der Waals surface area contributed by atoms with Gasteiger partial charge in [-0.25, -0.2) is 13.1 Å². The van der Waals surface area contributed by atoms with Crippen LogP contribution in [0, 0.1) is 5.92 Å². The normalized spacial score (nSPS) is 19.5. The van der Waals surface area contributed by atoms with E-state index >= 15 is 0 Å². The summed E-state index contributed by atoms with van der Waals surface area (Å²) in [6.07, 6.45) is 2.40. The Morgan fingerprint density at radius 3 is 2.62 bits per heavy atom. The number of likely N-dealkylation sites (tertiary alicyclic amines) is 1. The van der Waals surface area contributed by atoms with Crippen molar-refractivity contribution in [1.82, 2.24) is 14.9 Å². The number of benzene rings is 1. The molecule has 0 aliphatic carbocycles. The number of guanidine groups is 1. The number of sulfonamides is 1. The molecule has 1 heterocycles. The van der Waals surface area contributed by atoms with E-state index < -0.39 is 15.6 Å². The van der Waals surface area contributed by atoms with E-state index in [-0.39, 0.29) is 0 Å². The van der Waals surface area contributed by atoms with Crippen LogP contribution >= 0.6 is 0 Å². The molecular formula is C19H32N4O2S. The largest absolute Gasteiger partial charge is 0.352 e. The van der Waals surface area contributed by atoms with Gasteiger partial charge in [-0.05, 0) is 51.2 Å². The lowest BCUT2D eigenvalue weighted by Crippen LogP contribution is -2.46. The second-order valence-electron chi connectivity index (χ2n) is 8.06. The van der Waals surface area contributed by atoms with Crippen molar-refractivity contribution in [2.45, 2.75) is 57.5 Å². The van der Waals surface area contributed by atoms with Crippen LogP contribution in [0.25, 0.3) is 0 Å². The maximum Gasteiger partial charge on any atom is 0.241 e. The highest BCUT2D eigenvalue weighted by Crippen LogP contribution is 2.19. The Labute approximate surface area is 158 Å². The smallest absolute Gasteiger partial charge is 0.241 e. The molecule has 0 radical (unpaired) electrons. The average Bonchev–Trinajstić information content (AvgIpc) is 2.53. The van der Waals surface area contributed by atoms with Crippen molar-refractivity contribution >= 4 is 16.0 Å². The molecule has 0 bridgehead atoms. The molecule has 146 valence electrons. The quantitative estimate of drug-likeness (QED) is 0.622. The van der Waals surface area contributed by atoms with E-state index in [1.165, 1.54) is 6.42 Å². The summed E-state index contributed by atoms with van der Waals surface area (Å²) in [7, 11) is -1.81. The second kappa shape index (κ2) is 8.39. The molecule has 1 aromatic rings. The maximum atomic E-state index is 12.7. The molecule has 7 heteroatoms. The number of hydrogen-bond donors (Lipinski definition) is 2. The van der Waals surface area contributed by atoms with Gasteiger partial charge in [-0.15, -0.1) is 0 Å². The fraction of sp³-hybridized carbons (Fsp3) is 0.632. The minimum atomic E-state index is -3.58. The molecule has 2 rings (SSSR count). The van der Waals surface area contributed by atoms with Gasteiger partial charge in [-0.3, -0.25) is 4.99 Å². The zero-order valence-electron chi connectivity index (χ0n) is 16.5. The number of aliphatic imine (C=N–C) groups is 1. The van der Waals surface area contributed by atoms with Gasteiger partial charge < -0.3 is 10.2 Å². The summed E-state index contributed by atoms with van der Waals surface area (Å²) in [5.74, 6) is 1.47. The standard InChI is InChI=1S/C19H32N4O2S/c1-15-9-8-12-23(14-15)18(20-5)21-13-16-10-6-7-11-17(16)26(24,25)22-19(2,3)4/h6-7,10-11,15,22H,8-9,12-14H2,1-5H3,(H,20,21). The number of hydrogen-bond acceptors (Lipinski definition) is 3. The fourth-order valence-corrected chi connectivity index (χ4v) is 4.92. The Bertz CT molecular complexity index is 738. The molecular weight excluding hydrogens is 348 g/mol. The molecule has 0 amide bonds. The van der Waals surface area contributed by atoms with Crippen molar-refractivity contribution in [1.29, 1.82) is 0 Å². The number of rotatable bonds is 4. The summed E-state index contributed by atoms with van der Waals surface area (Å²) < 4.78 is 28.2. The Balaban J connectivity index is 2.15. The minimum absolute atomic E-state index is 0.310. The van der Waals surface area contributed by atoms with Crippen LogP contribution in [0.2, 0.25) is 0 Å². The molecule has 1 unspecified atom stereocenters. The third kappa shape index (κ3) is 5.71. The first kappa shape index (κ1) is 20.7. The van der Waals surface area contributed by atoms with Crippen LogP contribution < -0.4 is 10.0 Å². The molecule has 2 N–H and O–H groups in total. The van der Waals surface area contributed by atoms with E-state index in [2.05, 4.69) is 26.9 Å². The number of piperidine rings is 1. The molecule has 26 heavy (non-hydrogen) atoms. The highest BCUT2D eigenvalue weighted by atomic mass is 32.2. The Morgan fingerprint density at radius 2 is 2.00 bits per heavy atom. The summed E-state index contributed by atoms with van der Waals surface area (Å²) in [5, 5.41) is 3.34. The topological polar surface area (TPSA) is 73.8 Å². The van der Waals surface area contributed by atoms with Crippen LogP contribution in [0.5, 0.6) is 0 Å². The van der Waals surface area contributed by atoms with Gasteiger partial charge in [0.15, 0.2) is 5.96 Å². The first-order chi connectivity index (χ1) is 12.1. The first-order valence-electron chi connectivity index (χ1n) is 9.20. The maximum absolute atomic E-state index is 12.7. The van der Waals surface area contributed by atoms with Crippen molar-refractivity contribution in [2.75, 3.05) is 20.1 Å². The number of nitrogens with one attached hydrogen (secondary N) is 2. The molecule has 1 fully saturated rings. The van der Waals surface area contributed by atoms with Gasteiger partial charge in [-0.2, -0.15) is 0 Å². The lowest BCUT2D eigenvalue weighted by atomic mass is 10.0. The summed E-state index contributed by atoms with van der Waals surface area (Å²) in [6, 6.07) is 7.11. The highest BCUT2D eigenvalue weighted by Gasteiger charge is 2.25. The summed E-state index contributed by atoms with van der Waals surface area (Å²) in [6.45, 7) is 10.1. The lowest BCUT2D eigenvalue weighted by Gasteiger charge is -2.33. The van der Waals surface area contributed by atoms with Crippen molar-refractivity contribution in [2.24, 2.45) is 10.9 Å². The molecule has 1 aliphatic heterocycles. The molecule has 1 aliphatic rings. The molecule has 6 nitrogen and oxygen atoms in total. The first-order valence-corrected chi connectivity index (χ1v) is 10.7. The SMILES string of the molecule is CN=C(NCc1ccccc1S(=O)(=O)NC(C)(C)C)N1CCCC(C)C1. The van der Waals surface area contributed by atoms with Crippen molar-refractivity contribution in [3.8, 4) is 0 Å². The van der Waals surface area contributed by atoms with Crippen LogP contribution in [0.1, 0.15) is 46.1 Å². The summed E-state index contributed by atoms with van der Waals surface area (Å²) in [5.41, 5.74) is 0.203. The van der Waals surface area contributed by atoms with E-state index in [0.29, 0.717) is 17.4 Å². The Hall–Kier alpha value is -1.60. The third-order valence-electron chi connectivity index (χ3n) is 4.31. The predicted octanol–water partition coefficient (Wildman–Crippen LogP) is 2.57. The van der Waals surface area contributed by atoms with Gasteiger partial charge in [0.1, 0.15) is 0 Å². The van der Waals surface area contributed by atoms with E-state index in [0.717, 1.165) is 31.0 Å². The predicted molar refractivity (Wildman–Crippen MR) is 107 cm³/mol.